The monoisotopic (exact) mass is 178 g/mol. The Morgan fingerprint density at radius 3 is 2.92 bits per heavy atom. The predicted molar refractivity (Wildman–Crippen MR) is 45.2 cm³/mol. The third kappa shape index (κ3) is 1.34. The summed E-state index contributed by atoms with van der Waals surface area (Å²) in [6.07, 6.45) is 4.45. The van der Waals surface area contributed by atoms with Crippen LogP contribution in [0.5, 0.6) is 0 Å². The Balaban J connectivity index is 2.42. The average Bonchev–Trinajstić information content (AvgIpc) is 2.52. The highest BCUT2D eigenvalue weighted by Gasteiger charge is 2.18. The van der Waals surface area contributed by atoms with Gasteiger partial charge in [0.15, 0.2) is 11.5 Å². The molecule has 13 heavy (non-hydrogen) atoms. The van der Waals surface area contributed by atoms with Gasteiger partial charge in [-0.1, -0.05) is 0 Å². The van der Waals surface area contributed by atoms with E-state index in [0.29, 0.717) is 0 Å². The minimum absolute atomic E-state index is 0.137. The minimum Gasteiger partial charge on any atom is -0.458 e. The number of aromatic nitrogens is 1. The molecule has 1 atom stereocenters. The summed E-state index contributed by atoms with van der Waals surface area (Å²) >= 11 is 0. The predicted octanol–water partition coefficient (Wildman–Crippen LogP) is 0.304. The van der Waals surface area contributed by atoms with Gasteiger partial charge in [-0.3, -0.25) is 0 Å². The Kier molecular flexibility index (Phi) is 1.88. The maximum absolute atomic E-state index is 13.1. The lowest BCUT2D eigenvalue weighted by Crippen LogP contribution is -3.02. The first-order valence-electron chi connectivity index (χ1n) is 3.73. The quantitative estimate of drug-likeness (QED) is 0.660. The van der Waals surface area contributed by atoms with Gasteiger partial charge in [0.2, 0.25) is 5.84 Å². The van der Waals surface area contributed by atoms with Gasteiger partial charge in [-0.05, 0) is 12.1 Å². The molecule has 4 nitrogen and oxygen atoms in total. The zero-order chi connectivity index (χ0) is 9.26. The topological polar surface area (TPSA) is 53.5 Å². The van der Waals surface area contributed by atoms with E-state index < -0.39 is 5.82 Å². The van der Waals surface area contributed by atoms with Gasteiger partial charge in [-0.15, -0.1) is 0 Å². The summed E-state index contributed by atoms with van der Waals surface area (Å²) in [4.78, 5) is 7.68. The average molecular weight is 178 g/mol. The molecule has 1 aromatic heterocycles. The van der Waals surface area contributed by atoms with E-state index in [-0.39, 0.29) is 16.5 Å². The lowest BCUT2D eigenvalue weighted by molar-refractivity contribution is -0.680. The zero-order valence-corrected chi connectivity index (χ0v) is 6.66. The van der Waals surface area contributed by atoms with Crippen LogP contribution in [0, 0.1) is 5.82 Å². The highest BCUT2D eigenvalue weighted by atomic mass is 19.1. The molecule has 0 fully saturated rings. The van der Waals surface area contributed by atoms with Crippen molar-refractivity contribution >= 4 is 5.84 Å². The maximum Gasteiger partial charge on any atom is 0.250 e. The molecular formula is C8H7FN4. The Morgan fingerprint density at radius 1 is 1.46 bits per heavy atom. The third-order valence-corrected chi connectivity index (χ3v) is 1.68. The molecule has 2 rings (SSSR count). The van der Waals surface area contributed by atoms with Crippen molar-refractivity contribution in [1.82, 2.24) is 4.98 Å². The van der Waals surface area contributed by atoms with Crippen LogP contribution in [-0.2, 0) is 0 Å². The lowest BCUT2D eigenvalue weighted by atomic mass is 10.3. The summed E-state index contributed by atoms with van der Waals surface area (Å²) in [5, 5.41) is 0.192. The molecule has 1 aliphatic rings. The number of rotatable bonds is 1. The lowest BCUT2D eigenvalue weighted by Gasteiger charge is -2.12. The number of hydrogen-bond donors (Lipinski definition) is 1. The summed E-state index contributed by atoms with van der Waals surface area (Å²) in [7, 11) is 0. The van der Waals surface area contributed by atoms with E-state index in [4.69, 9.17) is 5.84 Å². The molecule has 0 amide bonds. The highest BCUT2D eigenvalue weighted by Crippen LogP contribution is 2.03. The first kappa shape index (κ1) is 8.03. The van der Waals surface area contributed by atoms with E-state index in [2.05, 4.69) is 9.98 Å². The molecule has 0 saturated carbocycles. The first-order valence-corrected chi connectivity index (χ1v) is 3.73. The van der Waals surface area contributed by atoms with Crippen molar-refractivity contribution in [3.8, 4) is 0 Å². The molecule has 1 aromatic rings. The number of hydrogen-bond acceptors (Lipinski definition) is 2. The van der Waals surface area contributed by atoms with Crippen LogP contribution >= 0.6 is 0 Å². The van der Waals surface area contributed by atoms with Crippen LogP contribution < -0.4 is 5.01 Å². The number of nitrogens with one attached hydrogen (secondary N) is 2. The van der Waals surface area contributed by atoms with Gasteiger partial charge >= 0.3 is 0 Å². The van der Waals surface area contributed by atoms with Gasteiger partial charge in [0.25, 0.3) is 0 Å². The molecule has 66 valence electrons. The summed E-state index contributed by atoms with van der Waals surface area (Å²) in [5.41, 5.74) is 0.137. The SMILES string of the molecule is [NH-][NH+]1C=CN=C1c1ncccc1F. The van der Waals surface area contributed by atoms with Crippen molar-refractivity contribution < 1.29 is 9.40 Å². The van der Waals surface area contributed by atoms with Gasteiger partial charge in [0.05, 0.1) is 6.20 Å². The van der Waals surface area contributed by atoms with Crippen LogP contribution in [0.4, 0.5) is 4.39 Å². The standard InChI is InChI=1S/C8H7FN4/c9-6-2-1-3-11-7(6)8-12-4-5-13(8)10/h1-5,10,13H. The number of quaternary nitrogens is 1. The van der Waals surface area contributed by atoms with E-state index in [1.807, 2.05) is 0 Å². The molecule has 0 bridgehead atoms. The smallest absolute Gasteiger partial charge is 0.250 e. The number of pyridine rings is 1. The van der Waals surface area contributed by atoms with E-state index in [1.54, 1.807) is 0 Å². The van der Waals surface area contributed by atoms with E-state index in [0.717, 1.165) is 0 Å². The van der Waals surface area contributed by atoms with Gasteiger partial charge in [0.1, 0.15) is 6.20 Å². The minimum atomic E-state index is -0.449. The zero-order valence-electron chi connectivity index (χ0n) is 6.66. The van der Waals surface area contributed by atoms with Crippen molar-refractivity contribution in [3.05, 3.63) is 48.1 Å². The molecule has 0 radical (unpaired) electrons. The molecule has 2 heterocycles. The maximum atomic E-state index is 13.1. The van der Waals surface area contributed by atoms with Crippen LogP contribution in [0.3, 0.4) is 0 Å². The molecule has 2 N–H and O–H groups in total. The van der Waals surface area contributed by atoms with Crippen LogP contribution in [0.25, 0.3) is 5.84 Å². The van der Waals surface area contributed by atoms with Crippen molar-refractivity contribution in [2.24, 2.45) is 4.99 Å². The number of aliphatic imine (C=N–C) groups is 1. The Labute approximate surface area is 74.2 Å². The van der Waals surface area contributed by atoms with Gasteiger partial charge in [-0.25, -0.2) is 9.37 Å². The van der Waals surface area contributed by atoms with Crippen molar-refractivity contribution in [2.45, 2.75) is 0 Å². The van der Waals surface area contributed by atoms with Gasteiger partial charge in [0, 0.05) is 6.20 Å². The second-order valence-corrected chi connectivity index (χ2v) is 2.54. The summed E-state index contributed by atoms with van der Waals surface area (Å²) in [5.74, 6) is 7.26. The Hall–Kier alpha value is -1.59. The fourth-order valence-corrected chi connectivity index (χ4v) is 1.08. The molecule has 5 heteroatoms. The fourth-order valence-electron chi connectivity index (χ4n) is 1.08. The second kappa shape index (κ2) is 3.04. The molecule has 1 aliphatic heterocycles. The Morgan fingerprint density at radius 2 is 2.31 bits per heavy atom. The summed E-state index contributed by atoms with van der Waals surface area (Å²) in [6.45, 7) is 0. The molecule has 0 saturated heterocycles. The fraction of sp³-hybridized carbons (Fsp3) is 0. The van der Waals surface area contributed by atoms with Gasteiger partial charge < -0.3 is 10.9 Å². The van der Waals surface area contributed by atoms with Crippen LogP contribution in [0.1, 0.15) is 5.69 Å². The Bertz CT molecular complexity index is 385. The van der Waals surface area contributed by atoms with Crippen LogP contribution in [0.2, 0.25) is 0 Å². The van der Waals surface area contributed by atoms with Crippen molar-refractivity contribution in [3.63, 3.8) is 0 Å². The molecule has 0 spiro atoms. The molecule has 0 aliphatic carbocycles. The summed E-state index contributed by atoms with van der Waals surface area (Å²) in [6, 6.07) is 2.81. The van der Waals surface area contributed by atoms with E-state index in [9.17, 15) is 4.39 Å². The molecule has 1 unspecified atom stereocenters. The summed E-state index contributed by atoms with van der Waals surface area (Å²) < 4.78 is 13.1. The number of halogens is 1. The number of nitrogens with zero attached hydrogens (tertiary/aromatic N) is 2. The number of amidine groups is 1. The van der Waals surface area contributed by atoms with Crippen molar-refractivity contribution in [2.75, 3.05) is 0 Å². The van der Waals surface area contributed by atoms with Crippen LogP contribution in [-0.4, -0.2) is 10.8 Å². The normalized spacial score (nSPS) is 20.5. The first-order chi connectivity index (χ1) is 6.29. The highest BCUT2D eigenvalue weighted by molar-refractivity contribution is 5.91. The van der Waals surface area contributed by atoms with E-state index >= 15 is 0 Å². The third-order valence-electron chi connectivity index (χ3n) is 1.68. The van der Waals surface area contributed by atoms with Gasteiger partial charge in [-0.2, -0.15) is 4.99 Å². The second-order valence-electron chi connectivity index (χ2n) is 2.54. The van der Waals surface area contributed by atoms with E-state index in [1.165, 1.54) is 30.7 Å². The largest absolute Gasteiger partial charge is 0.458 e. The molecular weight excluding hydrogens is 171 g/mol. The van der Waals surface area contributed by atoms with Crippen molar-refractivity contribution in [1.29, 1.82) is 0 Å². The molecule has 0 aromatic carbocycles. The van der Waals surface area contributed by atoms with Crippen LogP contribution in [0.15, 0.2) is 35.7 Å².